The highest BCUT2D eigenvalue weighted by atomic mass is 35.5. The van der Waals surface area contributed by atoms with Gasteiger partial charge in [0.2, 0.25) is 5.91 Å². The van der Waals surface area contributed by atoms with Gasteiger partial charge in [-0.2, -0.15) is 0 Å². The molecule has 0 heterocycles. The molecule has 0 aliphatic carbocycles. The van der Waals surface area contributed by atoms with Gasteiger partial charge in [-0.15, -0.1) is 0 Å². The SMILES string of the molecule is CCC(C)C(=O)Nc1c(N)cccc1Cl. The van der Waals surface area contributed by atoms with Gasteiger partial charge in [0.15, 0.2) is 0 Å². The molecule has 1 atom stereocenters. The molecule has 15 heavy (non-hydrogen) atoms. The van der Waals surface area contributed by atoms with Crippen LogP contribution in [0.3, 0.4) is 0 Å². The minimum absolute atomic E-state index is 0.0410. The number of carbonyl (C=O) groups is 1. The minimum atomic E-state index is -0.0581. The Labute approximate surface area is 94.6 Å². The van der Waals surface area contributed by atoms with E-state index in [4.69, 9.17) is 17.3 Å². The van der Waals surface area contributed by atoms with Crippen LogP contribution in [0.15, 0.2) is 18.2 Å². The van der Waals surface area contributed by atoms with E-state index in [-0.39, 0.29) is 11.8 Å². The number of anilines is 2. The lowest BCUT2D eigenvalue weighted by Crippen LogP contribution is -2.20. The fourth-order valence-corrected chi connectivity index (χ4v) is 1.33. The average molecular weight is 227 g/mol. The first-order chi connectivity index (χ1) is 7.06. The van der Waals surface area contributed by atoms with Crippen molar-refractivity contribution >= 4 is 28.9 Å². The largest absolute Gasteiger partial charge is 0.397 e. The third-order valence-corrected chi connectivity index (χ3v) is 2.67. The van der Waals surface area contributed by atoms with Crippen molar-refractivity contribution in [2.45, 2.75) is 20.3 Å². The summed E-state index contributed by atoms with van der Waals surface area (Å²) >= 11 is 5.93. The molecular weight excluding hydrogens is 212 g/mol. The van der Waals surface area contributed by atoms with Crippen molar-refractivity contribution in [3.8, 4) is 0 Å². The molecule has 0 aliphatic rings. The molecule has 0 aliphatic heterocycles. The van der Waals surface area contributed by atoms with Crippen LogP contribution in [0, 0.1) is 5.92 Å². The van der Waals surface area contributed by atoms with E-state index in [1.54, 1.807) is 18.2 Å². The van der Waals surface area contributed by atoms with Crippen LogP contribution >= 0.6 is 11.6 Å². The summed E-state index contributed by atoms with van der Waals surface area (Å²) in [4.78, 5) is 11.6. The number of nitrogens with two attached hydrogens (primary N) is 1. The van der Waals surface area contributed by atoms with Gasteiger partial charge < -0.3 is 11.1 Å². The molecule has 1 aromatic rings. The van der Waals surface area contributed by atoms with Gasteiger partial charge in [-0.1, -0.05) is 31.5 Å². The van der Waals surface area contributed by atoms with Gasteiger partial charge in [-0.05, 0) is 18.6 Å². The second-order valence-electron chi connectivity index (χ2n) is 3.50. The Morgan fingerprint density at radius 1 is 1.60 bits per heavy atom. The second kappa shape index (κ2) is 5.03. The fraction of sp³-hybridized carbons (Fsp3) is 0.364. The summed E-state index contributed by atoms with van der Waals surface area (Å²) in [6.45, 7) is 3.82. The molecule has 3 N–H and O–H groups in total. The summed E-state index contributed by atoms with van der Waals surface area (Å²) < 4.78 is 0. The quantitative estimate of drug-likeness (QED) is 0.779. The van der Waals surface area contributed by atoms with Crippen LogP contribution in [0.1, 0.15) is 20.3 Å². The number of amides is 1. The van der Waals surface area contributed by atoms with E-state index >= 15 is 0 Å². The van der Waals surface area contributed by atoms with Crippen molar-refractivity contribution in [3.05, 3.63) is 23.2 Å². The van der Waals surface area contributed by atoms with Crippen LogP contribution in [-0.2, 0) is 4.79 Å². The van der Waals surface area contributed by atoms with E-state index in [0.29, 0.717) is 16.4 Å². The summed E-state index contributed by atoms with van der Waals surface area (Å²) in [5, 5.41) is 3.20. The van der Waals surface area contributed by atoms with E-state index < -0.39 is 0 Å². The summed E-state index contributed by atoms with van der Waals surface area (Å²) in [5.74, 6) is -0.0991. The van der Waals surface area contributed by atoms with Crippen molar-refractivity contribution in [1.82, 2.24) is 0 Å². The second-order valence-corrected chi connectivity index (χ2v) is 3.91. The van der Waals surface area contributed by atoms with Crippen LogP contribution in [0.25, 0.3) is 0 Å². The molecular formula is C11H15ClN2O. The van der Waals surface area contributed by atoms with Crippen LogP contribution in [0.4, 0.5) is 11.4 Å². The smallest absolute Gasteiger partial charge is 0.227 e. The zero-order valence-corrected chi connectivity index (χ0v) is 9.64. The lowest BCUT2D eigenvalue weighted by atomic mass is 10.1. The molecule has 0 bridgehead atoms. The topological polar surface area (TPSA) is 55.1 Å². The maximum atomic E-state index is 11.6. The highest BCUT2D eigenvalue weighted by Crippen LogP contribution is 2.28. The van der Waals surface area contributed by atoms with Gasteiger partial charge >= 0.3 is 0 Å². The molecule has 0 spiro atoms. The molecule has 82 valence electrons. The number of nitrogens with one attached hydrogen (secondary N) is 1. The highest BCUT2D eigenvalue weighted by Gasteiger charge is 2.13. The Balaban J connectivity index is 2.85. The third kappa shape index (κ3) is 2.86. The summed E-state index contributed by atoms with van der Waals surface area (Å²) in [7, 11) is 0. The Kier molecular flexibility index (Phi) is 3.97. The number of nitrogen functional groups attached to an aromatic ring is 1. The van der Waals surface area contributed by atoms with Crippen LogP contribution in [-0.4, -0.2) is 5.91 Å². The highest BCUT2D eigenvalue weighted by molar-refractivity contribution is 6.34. The van der Waals surface area contributed by atoms with E-state index in [1.807, 2.05) is 13.8 Å². The van der Waals surface area contributed by atoms with E-state index in [0.717, 1.165) is 6.42 Å². The van der Waals surface area contributed by atoms with E-state index in [9.17, 15) is 4.79 Å². The molecule has 1 rings (SSSR count). The standard InChI is InChI=1S/C11H15ClN2O/c1-3-7(2)11(15)14-10-8(12)5-4-6-9(10)13/h4-7H,3,13H2,1-2H3,(H,14,15). The first-order valence-electron chi connectivity index (χ1n) is 4.91. The van der Waals surface area contributed by atoms with Crippen molar-refractivity contribution in [3.63, 3.8) is 0 Å². The molecule has 0 saturated carbocycles. The number of benzene rings is 1. The normalized spacial score (nSPS) is 12.2. The van der Waals surface area contributed by atoms with Crippen molar-refractivity contribution in [1.29, 1.82) is 0 Å². The van der Waals surface area contributed by atoms with Crippen LogP contribution in [0.5, 0.6) is 0 Å². The van der Waals surface area contributed by atoms with Crippen LogP contribution in [0.2, 0.25) is 5.02 Å². The number of rotatable bonds is 3. The van der Waals surface area contributed by atoms with Crippen molar-refractivity contribution in [2.75, 3.05) is 11.1 Å². The number of halogens is 1. The molecule has 0 saturated heterocycles. The molecule has 4 heteroatoms. The maximum Gasteiger partial charge on any atom is 0.227 e. The number of para-hydroxylation sites is 1. The van der Waals surface area contributed by atoms with Gasteiger partial charge in [0.1, 0.15) is 0 Å². The first-order valence-corrected chi connectivity index (χ1v) is 5.29. The third-order valence-electron chi connectivity index (χ3n) is 2.35. The summed E-state index contributed by atoms with van der Waals surface area (Å²) in [5.41, 5.74) is 6.70. The Hall–Kier alpha value is -1.22. The Morgan fingerprint density at radius 2 is 2.27 bits per heavy atom. The number of hydrogen-bond acceptors (Lipinski definition) is 2. The monoisotopic (exact) mass is 226 g/mol. The predicted octanol–water partition coefficient (Wildman–Crippen LogP) is 2.91. The van der Waals surface area contributed by atoms with Gasteiger partial charge in [-0.25, -0.2) is 0 Å². The Bertz CT molecular complexity index is 345. The molecule has 1 amide bonds. The number of carbonyl (C=O) groups excluding carboxylic acids is 1. The van der Waals surface area contributed by atoms with Crippen molar-refractivity contribution < 1.29 is 4.79 Å². The number of hydrogen-bond donors (Lipinski definition) is 2. The zero-order chi connectivity index (χ0) is 11.4. The molecule has 1 unspecified atom stereocenters. The predicted molar refractivity (Wildman–Crippen MR) is 63.9 cm³/mol. The van der Waals surface area contributed by atoms with E-state index in [1.165, 1.54) is 0 Å². The molecule has 1 aromatic carbocycles. The molecule has 3 nitrogen and oxygen atoms in total. The molecule has 0 aromatic heterocycles. The average Bonchev–Trinajstić information content (AvgIpc) is 2.22. The maximum absolute atomic E-state index is 11.6. The van der Waals surface area contributed by atoms with Crippen molar-refractivity contribution in [2.24, 2.45) is 5.92 Å². The Morgan fingerprint density at radius 3 is 2.80 bits per heavy atom. The summed E-state index contributed by atoms with van der Waals surface area (Å²) in [6.07, 6.45) is 0.788. The van der Waals surface area contributed by atoms with Gasteiger partial charge in [0, 0.05) is 5.92 Å². The molecule has 0 radical (unpaired) electrons. The van der Waals surface area contributed by atoms with Gasteiger partial charge in [0.25, 0.3) is 0 Å². The molecule has 0 fully saturated rings. The van der Waals surface area contributed by atoms with Crippen LogP contribution < -0.4 is 11.1 Å². The fourth-order valence-electron chi connectivity index (χ4n) is 1.10. The van der Waals surface area contributed by atoms with Gasteiger partial charge in [0.05, 0.1) is 16.4 Å². The van der Waals surface area contributed by atoms with E-state index in [2.05, 4.69) is 5.32 Å². The first kappa shape index (κ1) is 11.9. The lowest BCUT2D eigenvalue weighted by molar-refractivity contribution is -0.119. The lowest BCUT2D eigenvalue weighted by Gasteiger charge is -2.12. The van der Waals surface area contributed by atoms with Gasteiger partial charge in [-0.3, -0.25) is 4.79 Å². The zero-order valence-electron chi connectivity index (χ0n) is 8.88. The minimum Gasteiger partial charge on any atom is -0.397 e. The summed E-state index contributed by atoms with van der Waals surface area (Å²) in [6, 6.07) is 5.15.